The van der Waals surface area contributed by atoms with Gasteiger partial charge in [0.2, 0.25) is 0 Å². The van der Waals surface area contributed by atoms with Crippen LogP contribution in [-0.4, -0.2) is 24.2 Å². The SMILES string of the molecule is O=C(NCCC=Cc1ccc(Br)cc1[N+](=O)[O-])OCC1c2ccccc2-c2ccccc21. The molecule has 162 valence electrons. The Morgan fingerprint density at radius 1 is 1.06 bits per heavy atom. The fourth-order valence-corrected chi connectivity index (χ4v) is 4.28. The highest BCUT2D eigenvalue weighted by Crippen LogP contribution is 2.44. The Morgan fingerprint density at radius 3 is 2.38 bits per heavy atom. The minimum absolute atomic E-state index is 0.0194. The number of nitro benzene ring substituents is 1. The lowest BCUT2D eigenvalue weighted by molar-refractivity contribution is -0.385. The molecule has 0 radical (unpaired) electrons. The molecule has 0 fully saturated rings. The Balaban J connectivity index is 1.29. The van der Waals surface area contributed by atoms with E-state index in [1.807, 2.05) is 24.3 Å². The van der Waals surface area contributed by atoms with Gasteiger partial charge in [-0.25, -0.2) is 4.79 Å². The van der Waals surface area contributed by atoms with Gasteiger partial charge < -0.3 is 10.1 Å². The molecule has 3 aromatic carbocycles. The maximum Gasteiger partial charge on any atom is 0.407 e. The number of hydrogen-bond donors (Lipinski definition) is 1. The number of carbonyl (C=O) groups excluding carboxylic acids is 1. The molecule has 0 atom stereocenters. The topological polar surface area (TPSA) is 81.5 Å². The summed E-state index contributed by atoms with van der Waals surface area (Å²) in [6, 6.07) is 21.3. The number of fused-ring (bicyclic) bond motifs is 3. The molecule has 3 aromatic rings. The predicted octanol–water partition coefficient (Wildman–Crippen LogP) is 6.30. The Morgan fingerprint density at radius 2 is 1.72 bits per heavy atom. The van der Waals surface area contributed by atoms with Gasteiger partial charge in [-0.2, -0.15) is 0 Å². The summed E-state index contributed by atoms with van der Waals surface area (Å²) in [4.78, 5) is 22.9. The zero-order valence-corrected chi connectivity index (χ0v) is 18.7. The van der Waals surface area contributed by atoms with Crippen LogP contribution >= 0.6 is 15.9 Å². The number of ether oxygens (including phenoxy) is 1. The van der Waals surface area contributed by atoms with Crippen LogP contribution in [0.5, 0.6) is 0 Å². The highest BCUT2D eigenvalue weighted by atomic mass is 79.9. The van der Waals surface area contributed by atoms with Gasteiger partial charge in [-0.3, -0.25) is 10.1 Å². The van der Waals surface area contributed by atoms with Crippen LogP contribution < -0.4 is 5.32 Å². The number of nitro groups is 1. The number of amides is 1. The lowest BCUT2D eigenvalue weighted by Crippen LogP contribution is -2.26. The molecule has 32 heavy (non-hydrogen) atoms. The van der Waals surface area contributed by atoms with Crippen molar-refractivity contribution in [2.24, 2.45) is 0 Å². The lowest BCUT2D eigenvalue weighted by atomic mass is 9.98. The summed E-state index contributed by atoms with van der Waals surface area (Å²) in [5.74, 6) is 0.0194. The fraction of sp³-hybridized carbons (Fsp3) is 0.160. The van der Waals surface area contributed by atoms with Crippen LogP contribution in [0.15, 0.2) is 77.3 Å². The zero-order valence-electron chi connectivity index (χ0n) is 17.2. The van der Waals surface area contributed by atoms with Crippen molar-refractivity contribution in [3.05, 3.63) is 104 Å². The van der Waals surface area contributed by atoms with Crippen molar-refractivity contribution in [1.82, 2.24) is 5.32 Å². The second kappa shape index (κ2) is 9.78. The zero-order chi connectivity index (χ0) is 22.5. The molecule has 0 saturated carbocycles. The maximum atomic E-state index is 12.2. The molecule has 0 spiro atoms. The van der Waals surface area contributed by atoms with Crippen LogP contribution in [0.2, 0.25) is 0 Å². The second-order valence-corrected chi connectivity index (χ2v) is 8.32. The van der Waals surface area contributed by atoms with Crippen molar-refractivity contribution in [2.75, 3.05) is 13.2 Å². The molecule has 1 amide bonds. The molecule has 0 heterocycles. The van der Waals surface area contributed by atoms with E-state index < -0.39 is 11.0 Å². The Bertz CT molecular complexity index is 1150. The van der Waals surface area contributed by atoms with Gasteiger partial charge in [-0.15, -0.1) is 0 Å². The van der Waals surface area contributed by atoms with Crippen molar-refractivity contribution in [3.8, 4) is 11.1 Å². The molecule has 4 rings (SSSR count). The third-order valence-electron chi connectivity index (χ3n) is 5.41. The fourth-order valence-electron chi connectivity index (χ4n) is 3.93. The molecular formula is C25H21BrN2O4. The van der Waals surface area contributed by atoms with E-state index in [9.17, 15) is 14.9 Å². The van der Waals surface area contributed by atoms with Crippen molar-refractivity contribution in [1.29, 1.82) is 0 Å². The number of rotatable bonds is 7. The first-order valence-corrected chi connectivity index (χ1v) is 11.0. The van der Waals surface area contributed by atoms with Gasteiger partial charge in [0.05, 0.1) is 10.5 Å². The molecular weight excluding hydrogens is 472 g/mol. The van der Waals surface area contributed by atoms with E-state index in [0.717, 1.165) is 0 Å². The second-order valence-electron chi connectivity index (χ2n) is 7.40. The quantitative estimate of drug-likeness (QED) is 0.238. The van der Waals surface area contributed by atoms with Crippen LogP contribution in [0.25, 0.3) is 17.2 Å². The van der Waals surface area contributed by atoms with Crippen LogP contribution in [0.4, 0.5) is 10.5 Å². The van der Waals surface area contributed by atoms with Gasteiger partial charge in [-0.05, 0) is 40.8 Å². The van der Waals surface area contributed by atoms with Crippen molar-refractivity contribution in [2.45, 2.75) is 12.3 Å². The molecule has 7 heteroatoms. The number of nitrogens with one attached hydrogen (secondary N) is 1. The van der Waals surface area contributed by atoms with E-state index in [2.05, 4.69) is 45.5 Å². The number of hydrogen-bond acceptors (Lipinski definition) is 4. The van der Waals surface area contributed by atoms with Crippen molar-refractivity contribution < 1.29 is 14.5 Å². The first-order valence-electron chi connectivity index (χ1n) is 10.2. The van der Waals surface area contributed by atoms with E-state index in [1.165, 1.54) is 28.3 Å². The summed E-state index contributed by atoms with van der Waals surface area (Å²) in [7, 11) is 0. The van der Waals surface area contributed by atoms with E-state index in [1.54, 1.807) is 24.3 Å². The molecule has 0 aromatic heterocycles. The number of carbonyl (C=O) groups is 1. The number of alkyl carbamates (subject to hydrolysis) is 1. The average Bonchev–Trinajstić information content (AvgIpc) is 3.12. The smallest absolute Gasteiger partial charge is 0.407 e. The van der Waals surface area contributed by atoms with Gasteiger partial charge in [0.15, 0.2) is 0 Å². The van der Waals surface area contributed by atoms with Crippen molar-refractivity contribution in [3.63, 3.8) is 0 Å². The summed E-state index contributed by atoms with van der Waals surface area (Å²) in [5.41, 5.74) is 5.24. The normalized spacial score (nSPS) is 12.4. The number of halogens is 1. The molecule has 1 aliphatic rings. The molecule has 6 nitrogen and oxygen atoms in total. The summed E-state index contributed by atoms with van der Waals surface area (Å²) in [5, 5.41) is 13.9. The van der Waals surface area contributed by atoms with Gasteiger partial charge in [0, 0.05) is 23.0 Å². The number of benzene rings is 3. The first-order chi connectivity index (χ1) is 15.5. The van der Waals surface area contributed by atoms with E-state index in [-0.39, 0.29) is 18.2 Å². The monoisotopic (exact) mass is 492 g/mol. The van der Waals surface area contributed by atoms with Crippen LogP contribution in [0, 0.1) is 10.1 Å². The molecule has 0 bridgehead atoms. The number of nitrogens with zero attached hydrogens (tertiary/aromatic N) is 1. The molecule has 0 saturated heterocycles. The Kier molecular flexibility index (Phi) is 6.66. The standard InChI is InChI=1S/C25H21BrN2O4/c26-18-13-12-17(24(15-18)28(30)31)7-5-6-14-27-25(29)32-16-23-21-10-3-1-8-19(21)20-9-2-4-11-22(20)23/h1-5,7-13,15,23H,6,14,16H2,(H,27,29). The average molecular weight is 493 g/mol. The minimum atomic E-state index is -0.477. The highest BCUT2D eigenvalue weighted by molar-refractivity contribution is 9.10. The first kappa shape index (κ1) is 21.8. The molecule has 0 aliphatic heterocycles. The van der Waals surface area contributed by atoms with Crippen LogP contribution in [0.1, 0.15) is 29.0 Å². The largest absolute Gasteiger partial charge is 0.449 e. The lowest BCUT2D eigenvalue weighted by Gasteiger charge is -2.14. The summed E-state index contributed by atoms with van der Waals surface area (Å²) < 4.78 is 6.15. The third-order valence-corrected chi connectivity index (χ3v) is 5.90. The summed E-state index contributed by atoms with van der Waals surface area (Å²) in [6.45, 7) is 0.637. The Hall–Kier alpha value is -3.45. The van der Waals surface area contributed by atoms with Gasteiger partial charge in [-0.1, -0.05) is 76.6 Å². The van der Waals surface area contributed by atoms with Gasteiger partial charge >= 0.3 is 6.09 Å². The molecule has 0 unspecified atom stereocenters. The van der Waals surface area contributed by atoms with Gasteiger partial charge in [0.1, 0.15) is 6.61 Å². The van der Waals surface area contributed by atoms with E-state index in [4.69, 9.17) is 4.74 Å². The Labute approximate surface area is 194 Å². The van der Waals surface area contributed by atoms with Gasteiger partial charge in [0.25, 0.3) is 5.69 Å². The minimum Gasteiger partial charge on any atom is -0.449 e. The molecule has 1 N–H and O–H groups in total. The van der Waals surface area contributed by atoms with E-state index >= 15 is 0 Å². The van der Waals surface area contributed by atoms with Crippen LogP contribution in [0.3, 0.4) is 0 Å². The summed E-state index contributed by atoms with van der Waals surface area (Å²) >= 11 is 3.24. The summed E-state index contributed by atoms with van der Waals surface area (Å²) in [6.07, 6.45) is 3.52. The van der Waals surface area contributed by atoms with E-state index in [0.29, 0.717) is 23.0 Å². The maximum absolute atomic E-state index is 12.2. The van der Waals surface area contributed by atoms with Crippen molar-refractivity contribution >= 4 is 33.8 Å². The predicted molar refractivity (Wildman–Crippen MR) is 128 cm³/mol. The van der Waals surface area contributed by atoms with Crippen LogP contribution in [-0.2, 0) is 4.74 Å². The highest BCUT2D eigenvalue weighted by Gasteiger charge is 2.28. The third kappa shape index (κ3) is 4.73. The molecule has 1 aliphatic carbocycles.